The highest BCUT2D eigenvalue weighted by molar-refractivity contribution is 7.12. The maximum atomic E-state index is 15.9. The number of benzene rings is 1. The molecule has 4 N–H and O–H groups in total. The van der Waals surface area contributed by atoms with Gasteiger partial charge in [0.05, 0.1) is 10.9 Å². The number of hydrogen-bond donors (Lipinski definition) is 3. The number of piperidine rings is 1. The molecule has 0 spiro atoms. The van der Waals surface area contributed by atoms with E-state index in [1.54, 1.807) is 0 Å². The Kier molecular flexibility index (Phi) is 4.87. The minimum atomic E-state index is -1.46. The second kappa shape index (κ2) is 7.35. The van der Waals surface area contributed by atoms with Crippen molar-refractivity contribution in [3.8, 4) is 0 Å². The number of anilines is 1. The Morgan fingerprint density at radius 2 is 1.84 bits per heavy atom. The molecule has 1 aliphatic heterocycles. The van der Waals surface area contributed by atoms with E-state index in [2.05, 4.69) is 4.37 Å². The lowest BCUT2D eigenvalue weighted by Crippen LogP contribution is -2.49. The number of aromatic nitrogens is 2. The summed E-state index contributed by atoms with van der Waals surface area (Å²) in [7, 11) is 0. The van der Waals surface area contributed by atoms with Gasteiger partial charge in [0.15, 0.2) is 17.5 Å². The number of nitrogens with two attached hydrogens (primary N) is 1. The van der Waals surface area contributed by atoms with Crippen LogP contribution in [0.15, 0.2) is 9.59 Å². The van der Waals surface area contributed by atoms with E-state index >= 15 is 13.2 Å². The Hall–Kier alpha value is -2.37. The second-order valence-corrected chi connectivity index (χ2v) is 9.12. The molecule has 5 rings (SSSR count). The number of nitrogens with one attached hydrogen (secondary N) is 1. The molecule has 3 heterocycles. The highest BCUT2D eigenvalue weighted by Crippen LogP contribution is 2.43. The van der Waals surface area contributed by atoms with Gasteiger partial charge in [0.2, 0.25) is 5.43 Å². The third kappa shape index (κ3) is 3.01. The SMILES string of the molecule is NC1CN(c2c(F)c(F)c3c(=O)c4c(=O)[nH]sc4n(C4CC4)c3c2F)CCC1CCO. The molecule has 11 heteroatoms. The van der Waals surface area contributed by atoms with Crippen LogP contribution in [0.2, 0.25) is 0 Å². The molecular formula is C20H21F3N4O3S. The first-order valence-electron chi connectivity index (χ1n) is 10.2. The molecule has 0 radical (unpaired) electrons. The molecule has 31 heavy (non-hydrogen) atoms. The van der Waals surface area contributed by atoms with Crippen molar-refractivity contribution in [2.45, 2.75) is 37.8 Å². The van der Waals surface area contributed by atoms with Crippen molar-refractivity contribution in [1.29, 1.82) is 0 Å². The lowest BCUT2D eigenvalue weighted by Gasteiger charge is -2.38. The van der Waals surface area contributed by atoms with Crippen LogP contribution in [-0.4, -0.2) is 39.8 Å². The van der Waals surface area contributed by atoms with Gasteiger partial charge in [-0.05, 0) is 43.1 Å². The van der Waals surface area contributed by atoms with Crippen LogP contribution in [0.3, 0.4) is 0 Å². The Morgan fingerprint density at radius 3 is 2.48 bits per heavy atom. The van der Waals surface area contributed by atoms with Gasteiger partial charge in [0.25, 0.3) is 5.56 Å². The summed E-state index contributed by atoms with van der Waals surface area (Å²) in [4.78, 5) is 26.6. The summed E-state index contributed by atoms with van der Waals surface area (Å²) in [5, 5.41) is 8.16. The van der Waals surface area contributed by atoms with E-state index in [9.17, 15) is 9.59 Å². The number of halogens is 3. The smallest absolute Gasteiger partial charge is 0.271 e. The van der Waals surface area contributed by atoms with Crippen LogP contribution in [0.5, 0.6) is 0 Å². The van der Waals surface area contributed by atoms with Crippen LogP contribution in [0.25, 0.3) is 21.1 Å². The van der Waals surface area contributed by atoms with E-state index < -0.39 is 45.6 Å². The van der Waals surface area contributed by atoms with E-state index in [0.29, 0.717) is 25.7 Å². The lowest BCUT2D eigenvalue weighted by molar-refractivity contribution is 0.226. The van der Waals surface area contributed by atoms with Crippen molar-refractivity contribution in [3.05, 3.63) is 38.0 Å². The molecule has 2 atom stereocenters. The van der Waals surface area contributed by atoms with E-state index in [0.717, 1.165) is 11.5 Å². The molecule has 1 saturated carbocycles. The molecule has 2 aromatic heterocycles. The largest absolute Gasteiger partial charge is 0.396 e. The summed E-state index contributed by atoms with van der Waals surface area (Å²) in [6, 6.07) is -0.636. The molecule has 3 aromatic rings. The summed E-state index contributed by atoms with van der Waals surface area (Å²) in [5.41, 5.74) is 3.59. The number of H-pyrrole nitrogens is 1. The minimum Gasteiger partial charge on any atom is -0.396 e. The summed E-state index contributed by atoms with van der Waals surface area (Å²) in [6.07, 6.45) is 2.35. The Bertz CT molecular complexity index is 1310. The molecule has 1 saturated heterocycles. The van der Waals surface area contributed by atoms with Crippen LogP contribution in [0, 0.1) is 23.4 Å². The summed E-state index contributed by atoms with van der Waals surface area (Å²) in [5.74, 6) is -3.93. The summed E-state index contributed by atoms with van der Waals surface area (Å²) < 4.78 is 50.1. The number of hydrogen-bond acceptors (Lipinski definition) is 6. The average Bonchev–Trinajstić information content (AvgIpc) is 3.50. The first-order chi connectivity index (χ1) is 14.8. The van der Waals surface area contributed by atoms with Gasteiger partial charge < -0.3 is 20.3 Å². The van der Waals surface area contributed by atoms with Crippen LogP contribution in [-0.2, 0) is 0 Å². The fourth-order valence-electron chi connectivity index (χ4n) is 4.68. The van der Waals surface area contributed by atoms with Gasteiger partial charge in [-0.3, -0.25) is 14.0 Å². The standard InChI is InChI=1S/C20H21F3N4O3S/c21-13-11-16(27(9-1-2-9)20-12(18(11)29)19(30)25-31-20)15(23)17(14(13)22)26-5-3-8(4-6-28)10(24)7-26/h8-10,28H,1-7,24H2,(H,25,30). The zero-order valence-electron chi connectivity index (χ0n) is 16.5. The molecule has 1 aliphatic carbocycles. The van der Waals surface area contributed by atoms with Crippen molar-refractivity contribution in [3.63, 3.8) is 0 Å². The number of rotatable bonds is 4. The third-order valence-electron chi connectivity index (χ3n) is 6.40. The number of nitrogens with zero attached hydrogens (tertiary/aromatic N) is 2. The third-order valence-corrected chi connectivity index (χ3v) is 7.28. The molecule has 0 amide bonds. The molecule has 0 bridgehead atoms. The maximum absolute atomic E-state index is 15.9. The number of aliphatic hydroxyl groups is 1. The van der Waals surface area contributed by atoms with Crippen molar-refractivity contribution in [2.24, 2.45) is 11.7 Å². The van der Waals surface area contributed by atoms with E-state index in [4.69, 9.17) is 10.8 Å². The van der Waals surface area contributed by atoms with E-state index in [1.165, 1.54) is 9.47 Å². The normalized spacial score (nSPS) is 22.0. The Morgan fingerprint density at radius 1 is 1.10 bits per heavy atom. The predicted molar refractivity (Wildman–Crippen MR) is 112 cm³/mol. The maximum Gasteiger partial charge on any atom is 0.271 e. The monoisotopic (exact) mass is 454 g/mol. The predicted octanol–water partition coefficient (Wildman–Crippen LogP) is 2.19. The molecule has 2 aliphatic rings. The fourth-order valence-corrected chi connectivity index (χ4v) is 5.59. The number of aliphatic hydroxyl groups excluding tert-OH is 1. The molecule has 166 valence electrons. The highest BCUT2D eigenvalue weighted by atomic mass is 32.1. The van der Waals surface area contributed by atoms with Crippen molar-refractivity contribution in [2.75, 3.05) is 24.6 Å². The minimum absolute atomic E-state index is 0.000855. The van der Waals surface area contributed by atoms with E-state index in [-0.39, 0.29) is 47.4 Å². The van der Waals surface area contributed by atoms with Gasteiger partial charge in [0, 0.05) is 31.8 Å². The second-order valence-electron chi connectivity index (χ2n) is 8.33. The molecular weight excluding hydrogens is 433 g/mol. The van der Waals surface area contributed by atoms with Crippen molar-refractivity contribution < 1.29 is 18.3 Å². The highest BCUT2D eigenvalue weighted by Gasteiger charge is 2.36. The van der Waals surface area contributed by atoms with Gasteiger partial charge in [0.1, 0.15) is 15.9 Å². The molecule has 2 unspecified atom stereocenters. The first-order valence-corrected chi connectivity index (χ1v) is 11.0. The molecule has 7 nitrogen and oxygen atoms in total. The van der Waals surface area contributed by atoms with Gasteiger partial charge in [-0.25, -0.2) is 13.2 Å². The van der Waals surface area contributed by atoms with Crippen LogP contribution < -0.4 is 21.6 Å². The number of aromatic amines is 1. The topological polar surface area (TPSA) is 104 Å². The summed E-state index contributed by atoms with van der Waals surface area (Å²) in [6.45, 7) is 0.302. The van der Waals surface area contributed by atoms with Crippen LogP contribution in [0.4, 0.5) is 18.9 Å². The van der Waals surface area contributed by atoms with Gasteiger partial charge in [-0.15, -0.1) is 0 Å². The van der Waals surface area contributed by atoms with Crippen LogP contribution >= 0.6 is 11.5 Å². The molecule has 2 fully saturated rings. The quantitative estimate of drug-likeness (QED) is 0.525. The van der Waals surface area contributed by atoms with Gasteiger partial charge >= 0.3 is 0 Å². The lowest BCUT2D eigenvalue weighted by atomic mass is 9.89. The summed E-state index contributed by atoms with van der Waals surface area (Å²) >= 11 is 0.890. The first kappa shape index (κ1) is 20.5. The van der Waals surface area contributed by atoms with E-state index in [1.807, 2.05) is 0 Å². The van der Waals surface area contributed by atoms with Gasteiger partial charge in [-0.1, -0.05) is 0 Å². The average molecular weight is 454 g/mol. The zero-order chi connectivity index (χ0) is 22.0. The van der Waals surface area contributed by atoms with Gasteiger partial charge in [-0.2, -0.15) is 0 Å². The Labute approximate surface area is 178 Å². The molecule has 1 aromatic carbocycles. The number of pyridine rings is 1. The fraction of sp³-hybridized carbons (Fsp3) is 0.500. The number of fused-ring (bicyclic) bond motifs is 2. The van der Waals surface area contributed by atoms with Crippen molar-refractivity contribution >= 4 is 38.3 Å². The van der Waals surface area contributed by atoms with Crippen LogP contribution in [0.1, 0.15) is 31.7 Å². The zero-order valence-corrected chi connectivity index (χ0v) is 17.3. The Balaban J connectivity index is 1.77. The van der Waals surface area contributed by atoms with Crippen molar-refractivity contribution in [1.82, 2.24) is 8.94 Å².